The molecule has 1 aromatic heterocycles. The summed E-state index contributed by atoms with van der Waals surface area (Å²) >= 11 is 1.33. The van der Waals surface area contributed by atoms with E-state index in [9.17, 15) is 4.79 Å². The molecule has 4 rings (SSSR count). The fourth-order valence-corrected chi connectivity index (χ4v) is 4.42. The predicted octanol–water partition coefficient (Wildman–Crippen LogP) is 5.76. The molecule has 0 aliphatic heterocycles. The van der Waals surface area contributed by atoms with Crippen LogP contribution in [0.25, 0.3) is 0 Å². The number of para-hydroxylation sites is 2. The quantitative estimate of drug-likeness (QED) is 0.417. The molecule has 3 aromatic rings. The molecule has 2 N–H and O–H groups in total. The van der Waals surface area contributed by atoms with Gasteiger partial charge in [0.1, 0.15) is 11.6 Å². The normalized spacial score (nSPS) is 14.0. The van der Waals surface area contributed by atoms with Crippen molar-refractivity contribution in [2.24, 2.45) is 5.92 Å². The number of ether oxygens (including phenoxy) is 1. The highest BCUT2D eigenvalue weighted by atomic mass is 32.2. The maximum Gasteiger partial charge on any atom is 0.234 e. The van der Waals surface area contributed by atoms with Crippen LogP contribution in [0.4, 0.5) is 5.69 Å². The van der Waals surface area contributed by atoms with E-state index in [2.05, 4.69) is 20.5 Å². The Morgan fingerprint density at radius 1 is 1.16 bits per heavy atom. The minimum atomic E-state index is -0.123. The van der Waals surface area contributed by atoms with Crippen molar-refractivity contribution in [3.8, 4) is 11.5 Å². The van der Waals surface area contributed by atoms with Crippen molar-refractivity contribution >= 4 is 23.4 Å². The van der Waals surface area contributed by atoms with E-state index in [4.69, 9.17) is 4.74 Å². The zero-order chi connectivity index (χ0) is 21.5. The van der Waals surface area contributed by atoms with E-state index in [1.54, 1.807) is 0 Å². The lowest BCUT2D eigenvalue weighted by atomic mass is 10.0. The number of aromatic nitrogens is 3. The highest BCUT2D eigenvalue weighted by molar-refractivity contribution is 7.99. The maximum atomic E-state index is 12.5. The van der Waals surface area contributed by atoms with Crippen LogP contribution in [0, 0.1) is 12.8 Å². The topological polar surface area (TPSA) is 79.9 Å². The Balaban J connectivity index is 1.27. The summed E-state index contributed by atoms with van der Waals surface area (Å²) in [7, 11) is 0. The van der Waals surface area contributed by atoms with Gasteiger partial charge in [0.25, 0.3) is 0 Å². The van der Waals surface area contributed by atoms with E-state index in [1.807, 2.05) is 55.5 Å². The summed E-state index contributed by atoms with van der Waals surface area (Å²) in [6.45, 7) is 2.03. The van der Waals surface area contributed by atoms with Crippen molar-refractivity contribution in [2.75, 3.05) is 11.1 Å². The summed E-state index contributed by atoms with van der Waals surface area (Å²) in [5.74, 6) is 3.19. The van der Waals surface area contributed by atoms with E-state index < -0.39 is 0 Å². The lowest BCUT2D eigenvalue weighted by Gasteiger charge is -2.12. The average molecular weight is 437 g/mol. The molecule has 31 heavy (non-hydrogen) atoms. The number of rotatable bonds is 9. The number of amides is 1. The van der Waals surface area contributed by atoms with Crippen LogP contribution in [-0.4, -0.2) is 26.8 Å². The predicted molar refractivity (Wildman–Crippen MR) is 124 cm³/mol. The number of carbonyl (C=O) groups is 1. The van der Waals surface area contributed by atoms with Gasteiger partial charge in [-0.3, -0.25) is 9.89 Å². The molecule has 0 atom stereocenters. The monoisotopic (exact) mass is 436 g/mol. The molecule has 7 heteroatoms. The lowest BCUT2D eigenvalue weighted by Crippen LogP contribution is -2.14. The maximum absolute atomic E-state index is 12.5. The molecule has 0 radical (unpaired) electrons. The molecule has 162 valence electrons. The average Bonchev–Trinajstić information content (AvgIpc) is 3.46. The van der Waals surface area contributed by atoms with Crippen molar-refractivity contribution in [2.45, 2.75) is 50.6 Å². The van der Waals surface area contributed by atoms with Crippen LogP contribution in [-0.2, 0) is 11.2 Å². The largest absolute Gasteiger partial charge is 0.455 e. The highest BCUT2D eigenvalue weighted by Gasteiger charge is 2.16. The fraction of sp³-hybridized carbons (Fsp3) is 0.375. The van der Waals surface area contributed by atoms with Crippen molar-refractivity contribution in [3.05, 3.63) is 59.9 Å². The van der Waals surface area contributed by atoms with E-state index >= 15 is 0 Å². The Hall–Kier alpha value is -2.80. The van der Waals surface area contributed by atoms with Gasteiger partial charge in [-0.05, 0) is 43.5 Å². The molecule has 1 fully saturated rings. The lowest BCUT2D eigenvalue weighted by molar-refractivity contribution is -0.113. The van der Waals surface area contributed by atoms with Crippen molar-refractivity contribution in [1.29, 1.82) is 0 Å². The van der Waals surface area contributed by atoms with Gasteiger partial charge in [-0.15, -0.1) is 5.10 Å². The fourth-order valence-electron chi connectivity index (χ4n) is 3.80. The van der Waals surface area contributed by atoms with Crippen LogP contribution < -0.4 is 10.1 Å². The van der Waals surface area contributed by atoms with Crippen LogP contribution >= 0.6 is 11.8 Å². The van der Waals surface area contributed by atoms with Crippen LogP contribution in [0.5, 0.6) is 11.5 Å². The minimum Gasteiger partial charge on any atom is -0.455 e. The number of aromatic amines is 1. The summed E-state index contributed by atoms with van der Waals surface area (Å²) in [4.78, 5) is 17.0. The molecule has 1 saturated carbocycles. The molecule has 0 saturated heterocycles. The molecule has 0 bridgehead atoms. The third kappa shape index (κ3) is 6.34. The van der Waals surface area contributed by atoms with E-state index in [1.165, 1.54) is 43.0 Å². The summed E-state index contributed by atoms with van der Waals surface area (Å²) in [6, 6.07) is 15.2. The minimum absolute atomic E-state index is 0.123. The number of hydrogen-bond acceptors (Lipinski definition) is 5. The summed E-state index contributed by atoms with van der Waals surface area (Å²) in [6.07, 6.45) is 7.48. The number of anilines is 1. The first-order valence-corrected chi connectivity index (χ1v) is 11.8. The van der Waals surface area contributed by atoms with Crippen LogP contribution in [0.2, 0.25) is 0 Å². The smallest absolute Gasteiger partial charge is 0.234 e. The van der Waals surface area contributed by atoms with Gasteiger partial charge in [-0.2, -0.15) is 0 Å². The second-order valence-corrected chi connectivity index (χ2v) is 8.94. The van der Waals surface area contributed by atoms with E-state index in [-0.39, 0.29) is 11.7 Å². The molecule has 0 spiro atoms. The first-order chi connectivity index (χ1) is 15.2. The third-order valence-corrected chi connectivity index (χ3v) is 6.36. The number of H-pyrrole nitrogens is 1. The molecule has 1 amide bonds. The number of nitrogens with one attached hydrogen (secondary N) is 2. The van der Waals surface area contributed by atoms with Gasteiger partial charge in [0.2, 0.25) is 11.1 Å². The van der Waals surface area contributed by atoms with Gasteiger partial charge >= 0.3 is 0 Å². The Morgan fingerprint density at radius 2 is 1.94 bits per heavy atom. The third-order valence-electron chi connectivity index (χ3n) is 5.52. The molecule has 1 aliphatic rings. The molecule has 1 heterocycles. The van der Waals surface area contributed by atoms with Gasteiger partial charge in [0.15, 0.2) is 5.75 Å². The zero-order valence-electron chi connectivity index (χ0n) is 17.8. The summed E-state index contributed by atoms with van der Waals surface area (Å²) < 4.78 is 5.95. The van der Waals surface area contributed by atoms with Crippen LogP contribution in [0.3, 0.4) is 0 Å². The number of thioether (sulfide) groups is 1. The Morgan fingerprint density at radius 3 is 2.74 bits per heavy atom. The molecular formula is C24H28N4O2S. The van der Waals surface area contributed by atoms with Gasteiger partial charge in [0.05, 0.1) is 11.4 Å². The molecule has 0 unspecified atom stereocenters. The molecule has 1 aliphatic carbocycles. The summed E-state index contributed by atoms with van der Waals surface area (Å²) in [5, 5.41) is 10.8. The van der Waals surface area contributed by atoms with Gasteiger partial charge in [-0.25, -0.2) is 4.98 Å². The first kappa shape index (κ1) is 21.4. The molecule has 2 aromatic carbocycles. The van der Waals surface area contributed by atoms with Crippen LogP contribution in [0.1, 0.15) is 43.5 Å². The van der Waals surface area contributed by atoms with Gasteiger partial charge < -0.3 is 10.1 Å². The Bertz CT molecular complexity index is 997. The number of hydrogen-bond donors (Lipinski definition) is 2. The van der Waals surface area contributed by atoms with E-state index in [0.717, 1.165) is 30.3 Å². The van der Waals surface area contributed by atoms with Gasteiger partial charge in [0, 0.05) is 6.42 Å². The second kappa shape index (κ2) is 10.5. The second-order valence-electron chi connectivity index (χ2n) is 8.00. The Kier molecular flexibility index (Phi) is 7.25. The zero-order valence-corrected chi connectivity index (χ0v) is 18.6. The number of carbonyl (C=O) groups excluding carboxylic acids is 1. The van der Waals surface area contributed by atoms with Crippen molar-refractivity contribution in [3.63, 3.8) is 0 Å². The molecule has 6 nitrogen and oxygen atoms in total. The standard InChI is InChI=1S/C24H28N4O2S/c1-17-10-13-19(14-11-17)30-21-9-5-4-8-20(21)25-23(29)16-31-24-26-22(27-28-24)15-12-18-6-2-3-7-18/h4-5,8-11,13-14,18H,2-3,6-7,12,15-16H2,1H3,(H,25,29)(H,26,27,28). The van der Waals surface area contributed by atoms with Crippen molar-refractivity contribution in [1.82, 2.24) is 15.2 Å². The SMILES string of the molecule is Cc1ccc(Oc2ccccc2NC(=O)CSc2n[nH]c(CCC3CCCC3)n2)cc1. The number of aryl methyl sites for hydroxylation is 2. The Labute approximate surface area is 187 Å². The van der Waals surface area contributed by atoms with Gasteiger partial charge in [-0.1, -0.05) is 67.3 Å². The highest BCUT2D eigenvalue weighted by Crippen LogP contribution is 2.30. The first-order valence-electron chi connectivity index (χ1n) is 10.8. The number of benzene rings is 2. The van der Waals surface area contributed by atoms with Crippen LogP contribution in [0.15, 0.2) is 53.7 Å². The summed E-state index contributed by atoms with van der Waals surface area (Å²) in [5.41, 5.74) is 1.81. The number of nitrogens with zero attached hydrogens (tertiary/aromatic N) is 2. The van der Waals surface area contributed by atoms with Crippen molar-refractivity contribution < 1.29 is 9.53 Å². The molecular weight excluding hydrogens is 408 g/mol. The van der Waals surface area contributed by atoms with E-state index in [0.29, 0.717) is 16.6 Å².